The molecule has 0 spiro atoms. The van der Waals surface area contributed by atoms with Crippen LogP contribution in [0.3, 0.4) is 0 Å². The quantitative estimate of drug-likeness (QED) is 0.406. The van der Waals surface area contributed by atoms with Crippen molar-refractivity contribution < 1.29 is 16.5 Å². The van der Waals surface area contributed by atoms with Crippen LogP contribution in [-0.4, -0.2) is 42.3 Å². The zero-order valence-corrected chi connectivity index (χ0v) is 24.7. The van der Waals surface area contributed by atoms with Gasteiger partial charge in [-0.2, -0.15) is 0 Å². The largest absolute Gasteiger partial charge is 0.437 e. The molecule has 0 N–H and O–H groups in total. The standard InChI is InChI=1S/C19H40O4Si5/c1-13-18-14-16-19(17-15-18)25(5,6)21-27(9,10)23-28(11,12)22-26(7,8)20-24(2,3)4/h13-17H,1H2,2-12H3. The van der Waals surface area contributed by atoms with Gasteiger partial charge in [0.05, 0.1) is 0 Å². The highest BCUT2D eigenvalue weighted by molar-refractivity contribution is 6.93. The molecule has 0 fully saturated rings. The summed E-state index contributed by atoms with van der Waals surface area (Å²) < 4.78 is 26.2. The lowest BCUT2D eigenvalue weighted by Crippen LogP contribution is -2.60. The Kier molecular flexibility index (Phi) is 8.28. The van der Waals surface area contributed by atoms with E-state index in [1.807, 2.05) is 6.08 Å². The predicted molar refractivity (Wildman–Crippen MR) is 134 cm³/mol. The molecule has 0 bridgehead atoms. The topological polar surface area (TPSA) is 36.9 Å². The number of rotatable bonds is 10. The summed E-state index contributed by atoms with van der Waals surface area (Å²) in [5, 5.41) is 1.26. The average Bonchev–Trinajstić information content (AvgIpc) is 2.40. The lowest BCUT2D eigenvalue weighted by Gasteiger charge is -2.42. The summed E-state index contributed by atoms with van der Waals surface area (Å²) in [5.74, 6) is 0. The molecular weight excluding hydrogens is 433 g/mol. The van der Waals surface area contributed by atoms with Gasteiger partial charge >= 0.3 is 25.7 Å². The van der Waals surface area contributed by atoms with E-state index < -0.39 is 42.3 Å². The van der Waals surface area contributed by atoms with E-state index >= 15 is 0 Å². The van der Waals surface area contributed by atoms with Crippen LogP contribution >= 0.6 is 0 Å². The molecule has 0 aromatic heterocycles. The van der Waals surface area contributed by atoms with E-state index in [2.05, 4.69) is 103 Å². The molecule has 1 aromatic carbocycles. The molecule has 0 radical (unpaired) electrons. The Morgan fingerprint density at radius 2 is 1.00 bits per heavy atom. The van der Waals surface area contributed by atoms with Gasteiger partial charge in [0.1, 0.15) is 0 Å². The zero-order valence-electron chi connectivity index (χ0n) is 19.7. The molecule has 1 aromatic rings. The van der Waals surface area contributed by atoms with Gasteiger partial charge in [0.25, 0.3) is 0 Å². The molecular formula is C19H40O4Si5. The molecule has 0 aliphatic carbocycles. The fraction of sp³-hybridized carbons (Fsp3) is 0.579. The number of hydrogen-bond acceptors (Lipinski definition) is 4. The van der Waals surface area contributed by atoms with Gasteiger partial charge in [-0.3, -0.25) is 0 Å². The summed E-state index contributed by atoms with van der Waals surface area (Å²) in [6.45, 7) is 27.6. The van der Waals surface area contributed by atoms with Crippen molar-refractivity contribution in [3.63, 3.8) is 0 Å². The first-order chi connectivity index (χ1) is 12.4. The van der Waals surface area contributed by atoms with E-state index in [1.165, 1.54) is 5.19 Å². The Morgan fingerprint density at radius 3 is 1.39 bits per heavy atom. The third-order valence-corrected chi connectivity index (χ3v) is 21.9. The van der Waals surface area contributed by atoms with Crippen LogP contribution in [0.15, 0.2) is 30.8 Å². The fourth-order valence-electron chi connectivity index (χ4n) is 3.68. The molecule has 1 rings (SSSR count). The fourth-order valence-corrected chi connectivity index (χ4v) is 27.0. The van der Waals surface area contributed by atoms with E-state index in [-0.39, 0.29) is 0 Å². The average molecular weight is 473 g/mol. The van der Waals surface area contributed by atoms with Gasteiger partial charge in [-0.1, -0.05) is 36.9 Å². The summed E-state index contributed by atoms with van der Waals surface area (Å²) in [5.41, 5.74) is 1.12. The molecule has 0 saturated heterocycles. The van der Waals surface area contributed by atoms with Crippen molar-refractivity contribution in [1.82, 2.24) is 0 Å². The van der Waals surface area contributed by atoms with Crippen molar-refractivity contribution in [1.29, 1.82) is 0 Å². The van der Waals surface area contributed by atoms with Gasteiger partial charge in [0.2, 0.25) is 8.32 Å². The van der Waals surface area contributed by atoms with Crippen molar-refractivity contribution in [2.75, 3.05) is 0 Å². The van der Waals surface area contributed by atoms with Crippen LogP contribution in [0, 0.1) is 0 Å². The predicted octanol–water partition coefficient (Wildman–Crippen LogP) is 5.75. The minimum Gasteiger partial charge on any atom is -0.437 e. The minimum absolute atomic E-state index is 1.12. The Balaban J connectivity index is 2.88. The lowest BCUT2D eigenvalue weighted by atomic mass is 10.2. The van der Waals surface area contributed by atoms with Crippen LogP contribution < -0.4 is 5.19 Å². The third-order valence-electron chi connectivity index (χ3n) is 3.88. The van der Waals surface area contributed by atoms with Gasteiger partial charge in [-0.25, -0.2) is 0 Å². The molecule has 0 unspecified atom stereocenters. The van der Waals surface area contributed by atoms with Gasteiger partial charge in [0.15, 0.2) is 8.32 Å². The highest BCUT2D eigenvalue weighted by atomic mass is 28.5. The summed E-state index contributed by atoms with van der Waals surface area (Å²) in [4.78, 5) is 0. The molecule has 0 aliphatic rings. The second kappa shape index (κ2) is 8.94. The molecule has 9 heteroatoms. The third kappa shape index (κ3) is 9.14. The van der Waals surface area contributed by atoms with Crippen LogP contribution in [0.2, 0.25) is 72.0 Å². The van der Waals surface area contributed by atoms with Gasteiger partial charge in [-0.05, 0) is 82.8 Å². The van der Waals surface area contributed by atoms with E-state index in [1.54, 1.807) is 0 Å². The Bertz CT molecular complexity index is 664. The second-order valence-electron chi connectivity index (χ2n) is 10.1. The first kappa shape index (κ1) is 25.9. The Labute approximate surface area is 178 Å². The Morgan fingerprint density at radius 1 is 0.607 bits per heavy atom. The Hall–Kier alpha value is -0.116. The molecule has 28 heavy (non-hydrogen) atoms. The molecule has 0 aliphatic heterocycles. The molecule has 0 amide bonds. The second-order valence-corrected chi connectivity index (χ2v) is 29.5. The summed E-state index contributed by atoms with van der Waals surface area (Å²) >= 11 is 0. The number of benzene rings is 1. The zero-order chi connectivity index (χ0) is 22.0. The van der Waals surface area contributed by atoms with Crippen molar-refractivity contribution in [3.8, 4) is 0 Å². The molecule has 0 heterocycles. The molecule has 160 valence electrons. The molecule has 0 saturated carbocycles. The van der Waals surface area contributed by atoms with Crippen molar-refractivity contribution in [2.24, 2.45) is 0 Å². The van der Waals surface area contributed by atoms with Crippen molar-refractivity contribution >= 4 is 53.6 Å². The van der Waals surface area contributed by atoms with Gasteiger partial charge < -0.3 is 16.5 Å². The van der Waals surface area contributed by atoms with Crippen LogP contribution in [0.4, 0.5) is 0 Å². The molecule has 4 nitrogen and oxygen atoms in total. The van der Waals surface area contributed by atoms with Crippen LogP contribution in [0.5, 0.6) is 0 Å². The van der Waals surface area contributed by atoms with Crippen molar-refractivity contribution in [3.05, 3.63) is 36.4 Å². The lowest BCUT2D eigenvalue weighted by molar-refractivity contribution is 0.300. The summed E-state index contributed by atoms with van der Waals surface area (Å²) in [6, 6.07) is 8.51. The van der Waals surface area contributed by atoms with E-state index in [9.17, 15) is 0 Å². The van der Waals surface area contributed by atoms with E-state index in [0.29, 0.717) is 0 Å². The first-order valence-electron chi connectivity index (χ1n) is 9.90. The maximum Gasteiger partial charge on any atom is 0.314 e. The summed E-state index contributed by atoms with van der Waals surface area (Å²) in [7, 11) is -10.8. The van der Waals surface area contributed by atoms with Crippen molar-refractivity contribution in [2.45, 2.75) is 72.0 Å². The highest BCUT2D eigenvalue weighted by Gasteiger charge is 2.45. The van der Waals surface area contributed by atoms with E-state index in [0.717, 1.165) is 5.56 Å². The van der Waals surface area contributed by atoms with Crippen LogP contribution in [-0.2, 0) is 16.5 Å². The minimum atomic E-state index is -2.38. The maximum atomic E-state index is 6.70. The summed E-state index contributed by atoms with van der Waals surface area (Å²) in [6.07, 6.45) is 1.86. The maximum absolute atomic E-state index is 6.70. The van der Waals surface area contributed by atoms with Gasteiger partial charge in [-0.15, -0.1) is 0 Å². The molecule has 0 atom stereocenters. The highest BCUT2D eigenvalue weighted by Crippen LogP contribution is 2.26. The normalized spacial score (nSPS) is 14.2. The van der Waals surface area contributed by atoms with Crippen LogP contribution in [0.1, 0.15) is 5.56 Å². The van der Waals surface area contributed by atoms with Crippen LogP contribution in [0.25, 0.3) is 6.08 Å². The first-order valence-corrected chi connectivity index (χ1v) is 24.7. The SMILES string of the molecule is C=Cc1ccc([Si](C)(C)O[Si](C)(C)O[Si](C)(C)O[Si](C)(C)O[Si](C)(C)C)cc1. The van der Waals surface area contributed by atoms with E-state index in [4.69, 9.17) is 16.5 Å². The van der Waals surface area contributed by atoms with Gasteiger partial charge in [0, 0.05) is 0 Å². The smallest absolute Gasteiger partial charge is 0.314 e. The number of hydrogen-bond donors (Lipinski definition) is 0. The monoisotopic (exact) mass is 472 g/mol.